The topological polar surface area (TPSA) is 68.6 Å². The van der Waals surface area contributed by atoms with Gasteiger partial charge in [-0.15, -0.1) is 0 Å². The number of hydrogen-bond donors (Lipinski definition) is 1. The Hall–Kier alpha value is -1.44. The summed E-state index contributed by atoms with van der Waals surface area (Å²) in [6.07, 6.45) is 0.448. The molecular weight excluding hydrogens is 308 g/mol. The molecule has 136 valence electrons. The number of nitrogens with one attached hydrogen (secondary N) is 1. The molecule has 0 spiro atoms. The molecule has 1 aromatic rings. The lowest BCUT2D eigenvalue weighted by atomic mass is 10.1. The average Bonchev–Trinajstić information content (AvgIpc) is 2.86. The largest absolute Gasteiger partial charge is 0.383 e. The highest BCUT2D eigenvalue weighted by molar-refractivity contribution is 5.77. The van der Waals surface area contributed by atoms with Gasteiger partial charge in [-0.1, -0.05) is 0 Å². The Labute approximate surface area is 144 Å². The molecule has 2 heterocycles. The van der Waals surface area contributed by atoms with Crippen LogP contribution < -0.4 is 5.32 Å². The maximum Gasteiger partial charge on any atom is 0.224 e. The van der Waals surface area contributed by atoms with Gasteiger partial charge in [-0.2, -0.15) is 5.10 Å². The number of carbonyl (C=O) groups excluding carboxylic acids is 1. The molecule has 1 fully saturated rings. The normalized spacial score (nSPS) is 17.9. The molecule has 1 aliphatic heterocycles. The van der Waals surface area contributed by atoms with Gasteiger partial charge in [0.05, 0.1) is 25.5 Å². The molecule has 1 aliphatic rings. The lowest BCUT2D eigenvalue weighted by Gasteiger charge is -2.28. The average molecular weight is 338 g/mol. The molecule has 1 aromatic heterocycles. The first kappa shape index (κ1) is 18.9. The Balaban J connectivity index is 2.06. The molecule has 1 N–H and O–H groups in total. The van der Waals surface area contributed by atoms with Gasteiger partial charge in [0.1, 0.15) is 0 Å². The fourth-order valence-corrected chi connectivity index (χ4v) is 3.05. The van der Waals surface area contributed by atoms with Crippen LogP contribution in [0.15, 0.2) is 0 Å². The van der Waals surface area contributed by atoms with Crippen molar-refractivity contribution in [3.63, 3.8) is 0 Å². The van der Waals surface area contributed by atoms with Crippen molar-refractivity contribution in [3.05, 3.63) is 17.0 Å². The van der Waals surface area contributed by atoms with E-state index in [0.717, 1.165) is 30.0 Å². The number of ether oxygens (including phenoxy) is 2. The zero-order chi connectivity index (χ0) is 17.5. The number of rotatable bonds is 8. The van der Waals surface area contributed by atoms with Gasteiger partial charge >= 0.3 is 0 Å². The van der Waals surface area contributed by atoms with E-state index < -0.39 is 0 Å². The summed E-state index contributed by atoms with van der Waals surface area (Å²) < 4.78 is 12.6. The van der Waals surface area contributed by atoms with E-state index in [2.05, 4.69) is 24.3 Å². The van der Waals surface area contributed by atoms with Crippen molar-refractivity contribution in [3.8, 4) is 0 Å². The van der Waals surface area contributed by atoms with E-state index in [9.17, 15) is 4.79 Å². The van der Waals surface area contributed by atoms with Crippen LogP contribution in [-0.4, -0.2) is 66.6 Å². The van der Waals surface area contributed by atoms with Gasteiger partial charge in [0.25, 0.3) is 0 Å². The molecule has 7 nitrogen and oxygen atoms in total. The van der Waals surface area contributed by atoms with Crippen LogP contribution >= 0.6 is 0 Å². The molecule has 0 bridgehead atoms. The zero-order valence-electron chi connectivity index (χ0n) is 15.3. The predicted molar refractivity (Wildman–Crippen MR) is 91.9 cm³/mol. The summed E-state index contributed by atoms with van der Waals surface area (Å²) in [5.74, 6) is 0.123. The van der Waals surface area contributed by atoms with E-state index in [1.165, 1.54) is 0 Å². The van der Waals surface area contributed by atoms with Crippen LogP contribution in [0.25, 0.3) is 0 Å². The summed E-state index contributed by atoms with van der Waals surface area (Å²) in [5.41, 5.74) is 3.25. The van der Waals surface area contributed by atoms with Gasteiger partial charge in [0.15, 0.2) is 0 Å². The Kier molecular flexibility index (Phi) is 7.20. The number of nitrogens with zero attached hydrogens (tertiary/aromatic N) is 3. The third-order valence-electron chi connectivity index (χ3n) is 4.52. The molecular formula is C17H30N4O3. The maximum absolute atomic E-state index is 12.8. The van der Waals surface area contributed by atoms with Gasteiger partial charge in [0, 0.05) is 57.0 Å². The van der Waals surface area contributed by atoms with E-state index in [4.69, 9.17) is 9.47 Å². The lowest BCUT2D eigenvalue weighted by molar-refractivity contribution is -0.133. The van der Waals surface area contributed by atoms with Crippen LogP contribution in [0.4, 0.5) is 0 Å². The van der Waals surface area contributed by atoms with E-state index in [1.54, 1.807) is 7.11 Å². The maximum atomic E-state index is 12.8. The first-order valence-corrected chi connectivity index (χ1v) is 8.67. The summed E-state index contributed by atoms with van der Waals surface area (Å²) in [6.45, 7) is 10.8. The molecule has 2 rings (SSSR count). The Morgan fingerprint density at radius 2 is 2.29 bits per heavy atom. The van der Waals surface area contributed by atoms with Crippen molar-refractivity contribution in [2.75, 3.05) is 40.0 Å². The second kappa shape index (κ2) is 9.15. The van der Waals surface area contributed by atoms with Crippen LogP contribution in [0.2, 0.25) is 0 Å². The highest BCUT2D eigenvalue weighted by Crippen LogP contribution is 2.17. The Morgan fingerprint density at radius 1 is 1.50 bits per heavy atom. The van der Waals surface area contributed by atoms with E-state index in [1.807, 2.05) is 16.5 Å². The van der Waals surface area contributed by atoms with Crippen molar-refractivity contribution >= 4 is 5.91 Å². The molecule has 0 aliphatic carbocycles. The fraction of sp³-hybridized carbons (Fsp3) is 0.765. The standard InChI is InChI=1S/C17H30N4O3/c1-5-21-14(3)16(13(2)19-21)11-20(7-9-23-4)17(22)10-15-12-24-8-6-18-15/h15,18H,5-12H2,1-4H3/t15-/m1/s1. The van der Waals surface area contributed by atoms with Crippen LogP contribution in [0.5, 0.6) is 0 Å². The van der Waals surface area contributed by atoms with Crippen LogP contribution in [0, 0.1) is 13.8 Å². The summed E-state index contributed by atoms with van der Waals surface area (Å²) in [5, 5.41) is 7.89. The third-order valence-corrected chi connectivity index (χ3v) is 4.52. The summed E-state index contributed by atoms with van der Waals surface area (Å²) in [6, 6.07) is 0.0943. The van der Waals surface area contributed by atoms with Crippen LogP contribution in [0.1, 0.15) is 30.3 Å². The van der Waals surface area contributed by atoms with Crippen molar-refractivity contribution in [2.45, 2.75) is 46.3 Å². The number of aromatic nitrogens is 2. The minimum Gasteiger partial charge on any atom is -0.383 e. The smallest absolute Gasteiger partial charge is 0.224 e. The minimum absolute atomic E-state index is 0.0943. The summed E-state index contributed by atoms with van der Waals surface area (Å²) >= 11 is 0. The SMILES string of the molecule is CCn1nc(C)c(CN(CCOC)C(=O)C[C@@H]2COCCN2)c1C. The number of aryl methyl sites for hydroxylation is 2. The van der Waals surface area contributed by atoms with Crippen LogP contribution in [-0.2, 0) is 27.4 Å². The minimum atomic E-state index is 0.0943. The molecule has 1 saturated heterocycles. The number of amides is 1. The first-order valence-electron chi connectivity index (χ1n) is 8.67. The van der Waals surface area contributed by atoms with Crippen molar-refractivity contribution in [2.24, 2.45) is 0 Å². The number of hydrogen-bond acceptors (Lipinski definition) is 5. The predicted octanol–water partition coefficient (Wildman–Crippen LogP) is 0.873. The van der Waals surface area contributed by atoms with Crippen molar-refractivity contribution in [1.29, 1.82) is 0 Å². The third kappa shape index (κ3) is 4.78. The molecule has 7 heteroatoms. The van der Waals surface area contributed by atoms with Crippen molar-refractivity contribution < 1.29 is 14.3 Å². The highest BCUT2D eigenvalue weighted by atomic mass is 16.5. The molecule has 0 unspecified atom stereocenters. The van der Waals surface area contributed by atoms with E-state index in [-0.39, 0.29) is 11.9 Å². The van der Waals surface area contributed by atoms with Gasteiger partial charge in [-0.3, -0.25) is 9.48 Å². The quantitative estimate of drug-likeness (QED) is 0.762. The van der Waals surface area contributed by atoms with Crippen LogP contribution in [0.3, 0.4) is 0 Å². The Morgan fingerprint density at radius 3 is 2.88 bits per heavy atom. The number of carbonyl (C=O) groups is 1. The highest BCUT2D eigenvalue weighted by Gasteiger charge is 2.23. The lowest BCUT2D eigenvalue weighted by Crippen LogP contribution is -2.45. The second-order valence-electron chi connectivity index (χ2n) is 6.20. The summed E-state index contributed by atoms with van der Waals surface area (Å²) in [4.78, 5) is 14.6. The fourth-order valence-electron chi connectivity index (χ4n) is 3.05. The van der Waals surface area contributed by atoms with Gasteiger partial charge in [-0.05, 0) is 20.8 Å². The Bertz CT molecular complexity index is 538. The van der Waals surface area contributed by atoms with Gasteiger partial charge < -0.3 is 19.7 Å². The molecule has 0 saturated carbocycles. The molecule has 0 radical (unpaired) electrons. The van der Waals surface area contributed by atoms with Gasteiger partial charge in [-0.25, -0.2) is 0 Å². The first-order chi connectivity index (χ1) is 11.6. The molecule has 0 aromatic carbocycles. The molecule has 1 atom stereocenters. The number of methoxy groups -OCH3 is 1. The zero-order valence-corrected chi connectivity index (χ0v) is 15.3. The van der Waals surface area contributed by atoms with E-state index >= 15 is 0 Å². The number of morpholine rings is 1. The van der Waals surface area contributed by atoms with Crippen molar-refractivity contribution in [1.82, 2.24) is 20.0 Å². The van der Waals surface area contributed by atoms with Gasteiger partial charge in [0.2, 0.25) is 5.91 Å². The molecule has 1 amide bonds. The summed E-state index contributed by atoms with van der Waals surface area (Å²) in [7, 11) is 1.66. The van der Waals surface area contributed by atoms with E-state index in [0.29, 0.717) is 39.3 Å². The second-order valence-corrected chi connectivity index (χ2v) is 6.20. The monoisotopic (exact) mass is 338 g/mol. The molecule has 24 heavy (non-hydrogen) atoms.